The summed E-state index contributed by atoms with van der Waals surface area (Å²) < 4.78 is 6.58. The smallest absolute Gasteiger partial charge is 0.326 e. The third kappa shape index (κ3) is 6.16. The lowest BCUT2D eigenvalue weighted by molar-refractivity contribution is -0.762. The monoisotopic (exact) mass is 319 g/mol. The van der Waals surface area contributed by atoms with Gasteiger partial charge in [-0.15, -0.1) is 0 Å². The molecule has 2 aromatic rings. The average molecular weight is 319 g/mol. The van der Waals surface area contributed by atoms with Crippen LogP contribution in [0.3, 0.4) is 0 Å². The highest BCUT2D eigenvalue weighted by atomic mass is 16.5. The van der Waals surface area contributed by atoms with E-state index < -0.39 is 12.0 Å². The van der Waals surface area contributed by atoms with Crippen LogP contribution in [0.15, 0.2) is 41.1 Å². The number of urea groups is 1. The molecule has 0 atom stereocenters. The number of aryl methyl sites for hydroxylation is 1. The van der Waals surface area contributed by atoms with Crippen molar-refractivity contribution in [1.82, 2.24) is 5.27 Å². The number of para-hydroxylation sites is 1. The molecule has 0 aliphatic rings. The van der Waals surface area contributed by atoms with Gasteiger partial charge in [-0.2, -0.15) is 0 Å². The molecule has 1 heterocycles. The lowest BCUT2D eigenvalue weighted by Crippen LogP contribution is -2.34. The van der Waals surface area contributed by atoms with Gasteiger partial charge in [-0.3, -0.25) is 14.6 Å². The number of hydrogen-bond acceptors (Lipinski definition) is 4. The van der Waals surface area contributed by atoms with Crippen LogP contribution in [0, 0.1) is 0 Å². The zero-order valence-corrected chi connectivity index (χ0v) is 12.6. The SMILES string of the molecule is O=C(O)CCCCC[n+]1cc(NC(=O)Nc2ccccc2)on1. The zero-order valence-electron chi connectivity index (χ0n) is 12.6. The average Bonchev–Trinajstić information content (AvgIpc) is 2.95. The molecule has 2 amide bonds. The molecule has 23 heavy (non-hydrogen) atoms. The molecule has 0 fully saturated rings. The third-order valence-electron chi connectivity index (χ3n) is 3.06. The van der Waals surface area contributed by atoms with Crippen molar-refractivity contribution < 1.29 is 23.9 Å². The fourth-order valence-electron chi connectivity index (χ4n) is 1.96. The van der Waals surface area contributed by atoms with E-state index in [-0.39, 0.29) is 12.3 Å². The standard InChI is InChI=1S/C15H18N4O4/c20-14(21)9-5-2-6-10-19-11-13(23-18-19)17-15(22)16-12-7-3-1-4-8-12/h1,3-4,7-8,11H,2,5-6,9-10H2,(H2-,16,17,18,20,21,22)/p+1. The van der Waals surface area contributed by atoms with Crippen molar-refractivity contribution in [3.8, 4) is 0 Å². The minimum atomic E-state index is -0.782. The number of aromatic nitrogens is 2. The molecule has 0 saturated heterocycles. The predicted molar refractivity (Wildman–Crippen MR) is 81.9 cm³/mol. The Morgan fingerprint density at radius 2 is 1.91 bits per heavy atom. The molecule has 0 aliphatic carbocycles. The van der Waals surface area contributed by atoms with Crippen molar-refractivity contribution in [2.45, 2.75) is 32.2 Å². The first-order valence-corrected chi connectivity index (χ1v) is 7.35. The number of carboxylic acid groups (broad SMARTS) is 1. The van der Waals surface area contributed by atoms with Crippen LogP contribution in [0.4, 0.5) is 16.4 Å². The Labute approximate surface area is 133 Å². The van der Waals surface area contributed by atoms with Crippen LogP contribution in [-0.4, -0.2) is 22.4 Å². The van der Waals surface area contributed by atoms with Gasteiger partial charge >= 0.3 is 17.9 Å². The zero-order chi connectivity index (χ0) is 16.5. The second kappa shape index (κ2) is 8.52. The number of anilines is 2. The third-order valence-corrected chi connectivity index (χ3v) is 3.06. The van der Waals surface area contributed by atoms with Crippen LogP contribution in [0.25, 0.3) is 0 Å². The van der Waals surface area contributed by atoms with Crippen LogP contribution in [0.2, 0.25) is 0 Å². The minimum Gasteiger partial charge on any atom is -0.481 e. The summed E-state index contributed by atoms with van der Waals surface area (Å²) in [6, 6.07) is 8.64. The molecule has 0 spiro atoms. The largest absolute Gasteiger partial charge is 0.481 e. The maximum absolute atomic E-state index is 11.8. The molecule has 3 N–H and O–H groups in total. The highest BCUT2D eigenvalue weighted by Crippen LogP contribution is 2.07. The Morgan fingerprint density at radius 3 is 2.65 bits per heavy atom. The summed E-state index contributed by atoms with van der Waals surface area (Å²) >= 11 is 0. The number of benzene rings is 1. The minimum absolute atomic E-state index is 0.177. The summed E-state index contributed by atoms with van der Waals surface area (Å²) in [5, 5.41) is 17.6. The van der Waals surface area contributed by atoms with E-state index in [9.17, 15) is 9.59 Å². The second-order valence-corrected chi connectivity index (χ2v) is 4.98. The molecule has 8 nitrogen and oxygen atoms in total. The Balaban J connectivity index is 1.71. The molecule has 1 aromatic carbocycles. The van der Waals surface area contributed by atoms with Crippen LogP contribution in [0.1, 0.15) is 25.7 Å². The molecule has 0 bridgehead atoms. The molecular weight excluding hydrogens is 300 g/mol. The maximum Gasteiger partial charge on any atom is 0.326 e. The second-order valence-electron chi connectivity index (χ2n) is 4.98. The summed E-state index contributed by atoms with van der Waals surface area (Å²) in [7, 11) is 0. The van der Waals surface area contributed by atoms with Gasteiger partial charge in [-0.1, -0.05) is 22.9 Å². The fraction of sp³-hybridized carbons (Fsp3) is 0.333. The number of aliphatic carboxylic acids is 1. The van der Waals surface area contributed by atoms with E-state index in [1.54, 1.807) is 23.0 Å². The highest BCUT2D eigenvalue weighted by molar-refractivity contribution is 5.98. The van der Waals surface area contributed by atoms with Gasteiger partial charge in [0.25, 0.3) is 6.20 Å². The van der Waals surface area contributed by atoms with Gasteiger partial charge in [0.2, 0.25) is 5.27 Å². The number of carbonyl (C=O) groups excluding carboxylic acids is 1. The molecule has 8 heteroatoms. The molecule has 0 saturated carbocycles. The quantitative estimate of drug-likeness (QED) is 0.511. The van der Waals surface area contributed by atoms with Crippen molar-refractivity contribution in [1.29, 1.82) is 0 Å². The molecule has 122 valence electrons. The van der Waals surface area contributed by atoms with Gasteiger partial charge in [0, 0.05) is 18.5 Å². The van der Waals surface area contributed by atoms with Crippen molar-refractivity contribution in [3.63, 3.8) is 0 Å². The molecular formula is C15H19N4O4+. The lowest BCUT2D eigenvalue weighted by Gasteiger charge is -2.02. The maximum atomic E-state index is 11.8. The van der Waals surface area contributed by atoms with E-state index in [1.807, 2.05) is 18.2 Å². The Morgan fingerprint density at radius 1 is 1.13 bits per heavy atom. The van der Waals surface area contributed by atoms with E-state index in [4.69, 9.17) is 9.63 Å². The first-order valence-electron chi connectivity index (χ1n) is 7.35. The van der Waals surface area contributed by atoms with Gasteiger partial charge in [-0.05, 0) is 25.0 Å². The van der Waals surface area contributed by atoms with Crippen LogP contribution < -0.4 is 15.3 Å². The fourth-order valence-corrected chi connectivity index (χ4v) is 1.96. The van der Waals surface area contributed by atoms with Gasteiger partial charge in [0.05, 0.1) is 0 Å². The molecule has 0 radical (unpaired) electrons. The number of rotatable bonds is 8. The summed E-state index contributed by atoms with van der Waals surface area (Å²) in [5.74, 6) is -0.543. The van der Waals surface area contributed by atoms with Gasteiger partial charge in [-0.25, -0.2) is 4.79 Å². The van der Waals surface area contributed by atoms with Crippen molar-refractivity contribution in [3.05, 3.63) is 36.5 Å². The Bertz CT molecular complexity index is 642. The number of nitrogens with one attached hydrogen (secondary N) is 2. The number of unbranched alkanes of at least 4 members (excludes halogenated alkanes) is 2. The van der Waals surface area contributed by atoms with Gasteiger partial charge < -0.3 is 10.4 Å². The summed E-state index contributed by atoms with van der Waals surface area (Å²) in [6.45, 7) is 0.602. The predicted octanol–water partition coefficient (Wildman–Crippen LogP) is 2.25. The van der Waals surface area contributed by atoms with Crippen LogP contribution in [-0.2, 0) is 11.3 Å². The molecule has 2 rings (SSSR count). The molecule has 0 unspecified atom stereocenters. The molecule has 1 aromatic heterocycles. The van der Waals surface area contributed by atoms with Crippen molar-refractivity contribution in [2.75, 3.05) is 10.6 Å². The summed E-state index contributed by atoms with van der Waals surface area (Å²) in [5.41, 5.74) is 0.677. The van der Waals surface area contributed by atoms with Crippen LogP contribution >= 0.6 is 0 Å². The summed E-state index contributed by atoms with van der Waals surface area (Å²) in [6.07, 6.45) is 3.99. The van der Waals surface area contributed by atoms with E-state index in [0.29, 0.717) is 18.7 Å². The van der Waals surface area contributed by atoms with E-state index in [0.717, 1.165) is 12.8 Å². The van der Waals surface area contributed by atoms with E-state index in [2.05, 4.69) is 15.9 Å². The Hall–Kier alpha value is -2.90. The van der Waals surface area contributed by atoms with Crippen molar-refractivity contribution >= 4 is 23.6 Å². The number of amides is 2. The summed E-state index contributed by atoms with van der Waals surface area (Å²) in [4.78, 5) is 22.2. The van der Waals surface area contributed by atoms with E-state index >= 15 is 0 Å². The van der Waals surface area contributed by atoms with Crippen LogP contribution in [0.5, 0.6) is 0 Å². The number of hydrogen-bond donors (Lipinski definition) is 3. The first-order chi connectivity index (χ1) is 11.1. The van der Waals surface area contributed by atoms with Gasteiger partial charge in [0.15, 0.2) is 6.54 Å². The molecule has 0 aliphatic heterocycles. The normalized spacial score (nSPS) is 10.3. The number of carbonyl (C=O) groups is 2. The number of carboxylic acids is 1. The highest BCUT2D eigenvalue weighted by Gasteiger charge is 2.13. The van der Waals surface area contributed by atoms with E-state index in [1.165, 1.54) is 0 Å². The Kier molecular flexibility index (Phi) is 6.10. The number of nitrogens with zero attached hydrogens (tertiary/aromatic N) is 2. The lowest BCUT2D eigenvalue weighted by atomic mass is 10.2. The first kappa shape index (κ1) is 16.5. The topological polar surface area (TPSA) is 108 Å². The van der Waals surface area contributed by atoms with Gasteiger partial charge in [0.1, 0.15) is 0 Å². The van der Waals surface area contributed by atoms with Crippen molar-refractivity contribution in [2.24, 2.45) is 0 Å².